The molecule has 2 N–H and O–H groups in total. The summed E-state index contributed by atoms with van der Waals surface area (Å²) in [5, 5.41) is 18.1. The molecule has 1 aromatic heterocycles. The zero-order chi connectivity index (χ0) is 30.7. The van der Waals surface area contributed by atoms with Gasteiger partial charge in [-0.25, -0.2) is 19.0 Å². The second kappa shape index (κ2) is 12.7. The number of rotatable bonds is 11. The van der Waals surface area contributed by atoms with Gasteiger partial charge in [-0.3, -0.25) is 9.05 Å². The molecule has 44 heavy (non-hydrogen) atoms. The lowest BCUT2D eigenvalue weighted by molar-refractivity contribution is 0.142. The normalized spacial score (nSPS) is 12.9. The highest BCUT2D eigenvalue weighted by Crippen LogP contribution is 2.53. The van der Waals surface area contributed by atoms with E-state index in [1.807, 2.05) is 92.7 Å². The summed E-state index contributed by atoms with van der Waals surface area (Å²) in [5.41, 5.74) is 5.28. The number of aromatic nitrogens is 3. The lowest BCUT2D eigenvalue weighted by Crippen LogP contribution is -2.16. The van der Waals surface area contributed by atoms with Crippen molar-refractivity contribution in [2.45, 2.75) is 52.2 Å². The third-order valence-corrected chi connectivity index (χ3v) is 8.99. The Morgan fingerprint density at radius 3 is 2.16 bits per heavy atom. The molecule has 0 fully saturated rings. The lowest BCUT2D eigenvalue weighted by Gasteiger charge is -2.22. The molecule has 0 saturated carbocycles. The van der Waals surface area contributed by atoms with Crippen LogP contribution in [0.25, 0.3) is 17.1 Å². The van der Waals surface area contributed by atoms with Gasteiger partial charge in [0.1, 0.15) is 11.5 Å². The van der Waals surface area contributed by atoms with Crippen LogP contribution in [-0.2, 0) is 39.7 Å². The van der Waals surface area contributed by atoms with E-state index in [4.69, 9.17) is 13.6 Å². The number of fused-ring (bicyclic) bond motifs is 1. The Balaban J connectivity index is 1.35. The average molecular weight is 612 g/mol. The molecule has 0 radical (unpaired) electrons. The smallest absolute Gasteiger partial charge is 0.507 e. The monoisotopic (exact) mass is 611 g/mol. The minimum Gasteiger partial charge on any atom is -0.507 e. The highest BCUT2D eigenvalue weighted by atomic mass is 31.2. The number of hydrogen-bond donors (Lipinski definition) is 2. The molecule has 5 aromatic rings. The topological polar surface area (TPSA) is 116 Å². The van der Waals surface area contributed by atoms with Crippen molar-refractivity contribution in [2.75, 3.05) is 0 Å². The first-order valence-electron chi connectivity index (χ1n) is 14.6. The van der Waals surface area contributed by atoms with E-state index in [1.165, 1.54) is 21.8 Å². The molecule has 0 amide bonds. The van der Waals surface area contributed by atoms with Crippen molar-refractivity contribution in [3.8, 4) is 28.6 Å². The SMILES string of the molecule is CC(C)c1cc(-c2n[nH]c(=O)n2-c2ccc3c(c2)CCC3)c(O)cc1OP(=O)(OCc1ccccc1)OCc1ccccc1. The van der Waals surface area contributed by atoms with E-state index in [-0.39, 0.29) is 36.5 Å². The van der Waals surface area contributed by atoms with Crippen LogP contribution in [-0.4, -0.2) is 19.9 Å². The van der Waals surface area contributed by atoms with Crippen LogP contribution < -0.4 is 10.2 Å². The van der Waals surface area contributed by atoms with Crippen LogP contribution in [0.5, 0.6) is 11.5 Å². The number of nitrogens with one attached hydrogen (secondary N) is 1. The van der Waals surface area contributed by atoms with Crippen molar-refractivity contribution >= 4 is 7.82 Å². The Labute approximate surface area is 255 Å². The lowest BCUT2D eigenvalue weighted by atomic mass is 9.98. The third kappa shape index (κ3) is 6.40. The van der Waals surface area contributed by atoms with Gasteiger partial charge in [0.25, 0.3) is 0 Å². The zero-order valence-corrected chi connectivity index (χ0v) is 25.5. The first kappa shape index (κ1) is 29.6. The molecule has 226 valence electrons. The van der Waals surface area contributed by atoms with Gasteiger partial charge in [-0.2, -0.15) is 5.10 Å². The van der Waals surface area contributed by atoms with Gasteiger partial charge in [0, 0.05) is 6.07 Å². The van der Waals surface area contributed by atoms with Crippen LogP contribution in [0.1, 0.15) is 54.0 Å². The minimum atomic E-state index is -4.20. The second-order valence-electron chi connectivity index (χ2n) is 11.1. The number of H-pyrrole nitrogens is 1. The number of aromatic amines is 1. The zero-order valence-electron chi connectivity index (χ0n) is 24.6. The summed E-state index contributed by atoms with van der Waals surface area (Å²) in [4.78, 5) is 12.9. The van der Waals surface area contributed by atoms with Gasteiger partial charge >= 0.3 is 13.5 Å². The fraction of sp³-hybridized carbons (Fsp3) is 0.235. The maximum atomic E-state index is 14.1. The van der Waals surface area contributed by atoms with E-state index < -0.39 is 13.5 Å². The number of aromatic hydroxyl groups is 1. The van der Waals surface area contributed by atoms with Crippen molar-refractivity contribution in [2.24, 2.45) is 0 Å². The maximum absolute atomic E-state index is 14.1. The highest BCUT2D eigenvalue weighted by Gasteiger charge is 2.32. The Hall–Kier alpha value is -4.43. The first-order chi connectivity index (χ1) is 21.3. The van der Waals surface area contributed by atoms with E-state index in [2.05, 4.69) is 10.2 Å². The van der Waals surface area contributed by atoms with Crippen molar-refractivity contribution in [1.82, 2.24) is 14.8 Å². The van der Waals surface area contributed by atoms with Crippen molar-refractivity contribution < 1.29 is 23.2 Å². The molecule has 0 bridgehead atoms. The number of phenols is 1. The number of aryl methyl sites for hydroxylation is 2. The molecule has 1 heterocycles. The largest absolute Gasteiger partial charge is 0.530 e. The van der Waals surface area contributed by atoms with Crippen LogP contribution in [0.15, 0.2) is 95.8 Å². The third-order valence-electron chi connectivity index (χ3n) is 7.68. The quantitative estimate of drug-likeness (QED) is 0.149. The molecule has 6 rings (SSSR count). The van der Waals surface area contributed by atoms with E-state index in [0.717, 1.165) is 30.4 Å². The Morgan fingerprint density at radius 1 is 0.886 bits per heavy atom. The van der Waals surface area contributed by atoms with Crippen LogP contribution in [0.2, 0.25) is 0 Å². The summed E-state index contributed by atoms with van der Waals surface area (Å²) in [6, 6.07) is 27.6. The van der Waals surface area contributed by atoms with E-state index in [0.29, 0.717) is 16.8 Å². The Kier molecular flexibility index (Phi) is 8.53. The van der Waals surface area contributed by atoms with Gasteiger partial charge in [0.05, 0.1) is 24.5 Å². The predicted octanol–water partition coefficient (Wildman–Crippen LogP) is 7.47. The van der Waals surface area contributed by atoms with Gasteiger partial charge in [0.15, 0.2) is 5.82 Å². The molecule has 0 saturated heterocycles. The number of phosphoric acid groups is 1. The molecule has 0 unspecified atom stereocenters. The fourth-order valence-electron chi connectivity index (χ4n) is 5.38. The molecule has 4 aromatic carbocycles. The number of phenolic OH excluding ortho intramolecular Hbond substituents is 1. The molecule has 0 spiro atoms. The first-order valence-corrected chi connectivity index (χ1v) is 16.1. The maximum Gasteiger partial charge on any atom is 0.530 e. The van der Waals surface area contributed by atoms with Gasteiger partial charge < -0.3 is 9.63 Å². The number of hydrogen-bond acceptors (Lipinski definition) is 7. The molecular weight excluding hydrogens is 577 g/mol. The van der Waals surface area contributed by atoms with Crippen LogP contribution in [0, 0.1) is 0 Å². The van der Waals surface area contributed by atoms with E-state index in [9.17, 15) is 14.5 Å². The van der Waals surface area contributed by atoms with Crippen LogP contribution in [0.4, 0.5) is 0 Å². The number of phosphoric ester groups is 1. The summed E-state index contributed by atoms with van der Waals surface area (Å²) in [6.45, 7) is 3.88. The predicted molar refractivity (Wildman–Crippen MR) is 168 cm³/mol. The molecule has 0 aliphatic heterocycles. The molecule has 9 nitrogen and oxygen atoms in total. The Bertz CT molecular complexity index is 1820. The number of benzene rings is 4. The van der Waals surface area contributed by atoms with E-state index >= 15 is 0 Å². The Morgan fingerprint density at radius 2 is 1.52 bits per heavy atom. The van der Waals surface area contributed by atoms with Crippen molar-refractivity contribution in [3.63, 3.8) is 0 Å². The summed E-state index contributed by atoms with van der Waals surface area (Å²) >= 11 is 0. The van der Waals surface area contributed by atoms with Gasteiger partial charge in [-0.1, -0.05) is 80.6 Å². The van der Waals surface area contributed by atoms with Crippen LogP contribution >= 0.6 is 7.82 Å². The standard InChI is InChI=1S/C34H34N3O6P/c1-23(2)29-19-30(33-35-36-34(39)37(33)28-17-16-26-14-9-15-27(26)18-28)31(38)20-32(29)43-44(40,41-21-24-10-5-3-6-11-24)42-22-25-12-7-4-8-13-25/h3-8,10-13,16-20,23,38H,9,14-15,21-22H2,1-2H3,(H,36,39). The second-order valence-corrected chi connectivity index (χ2v) is 12.7. The summed E-state index contributed by atoms with van der Waals surface area (Å²) < 4.78 is 33.2. The fourth-order valence-corrected chi connectivity index (χ4v) is 6.57. The highest BCUT2D eigenvalue weighted by molar-refractivity contribution is 7.48. The van der Waals surface area contributed by atoms with Crippen molar-refractivity contribution in [1.29, 1.82) is 0 Å². The molecular formula is C34H34N3O6P. The molecule has 1 aliphatic rings. The van der Waals surface area contributed by atoms with Crippen LogP contribution in [0.3, 0.4) is 0 Å². The molecule has 10 heteroatoms. The summed E-state index contributed by atoms with van der Waals surface area (Å²) in [7, 11) is -4.20. The van der Waals surface area contributed by atoms with Gasteiger partial charge in [-0.05, 0) is 71.2 Å². The average Bonchev–Trinajstić information content (AvgIpc) is 3.66. The van der Waals surface area contributed by atoms with E-state index in [1.54, 1.807) is 6.07 Å². The molecule has 1 aliphatic carbocycles. The summed E-state index contributed by atoms with van der Waals surface area (Å²) in [5.74, 6) is 0.0686. The minimum absolute atomic E-state index is 0.00564. The number of nitrogens with zero attached hydrogens (tertiary/aromatic N) is 2. The van der Waals surface area contributed by atoms with Gasteiger partial charge in [0.2, 0.25) is 0 Å². The van der Waals surface area contributed by atoms with Crippen molar-refractivity contribution in [3.05, 3.63) is 129 Å². The molecule has 0 atom stereocenters. The van der Waals surface area contributed by atoms with Gasteiger partial charge in [-0.15, -0.1) is 0 Å². The summed E-state index contributed by atoms with van der Waals surface area (Å²) in [6.07, 6.45) is 3.06.